The molecule has 0 aliphatic carbocycles. The van der Waals surface area contributed by atoms with Crippen LogP contribution in [-0.2, 0) is 14.3 Å². The molecule has 0 N–H and O–H groups in total. The predicted octanol–water partition coefficient (Wildman–Crippen LogP) is 3.95. The maximum Gasteiger partial charge on any atom is 0.342 e. The first-order chi connectivity index (χ1) is 13.6. The van der Waals surface area contributed by atoms with E-state index in [0.29, 0.717) is 55.1 Å². The zero-order chi connectivity index (χ0) is 19.9. The number of carbonyl (C=O) groups excluding carboxylic acids is 2. The lowest BCUT2D eigenvalue weighted by Gasteiger charge is -2.18. The molecular formula is C22H28O6. The van der Waals surface area contributed by atoms with Gasteiger partial charge in [-0.1, -0.05) is 12.2 Å². The molecule has 3 rings (SSSR count). The molecule has 1 fully saturated rings. The van der Waals surface area contributed by atoms with Gasteiger partial charge < -0.3 is 18.9 Å². The Labute approximate surface area is 165 Å². The van der Waals surface area contributed by atoms with Crippen molar-refractivity contribution in [3.8, 4) is 11.5 Å². The number of allylic oxidation sites excluding steroid dienone is 1. The average Bonchev–Trinajstić information content (AvgIpc) is 3.49. The molecule has 152 valence electrons. The fourth-order valence-corrected chi connectivity index (χ4v) is 3.20. The molecule has 2 atom stereocenters. The summed E-state index contributed by atoms with van der Waals surface area (Å²) in [5.74, 6) is 0.884. The second kappa shape index (κ2) is 9.73. The highest BCUT2D eigenvalue weighted by molar-refractivity contribution is 5.97. The molecule has 1 aromatic rings. The van der Waals surface area contributed by atoms with E-state index in [2.05, 4.69) is 0 Å². The predicted molar refractivity (Wildman–Crippen MR) is 105 cm³/mol. The first kappa shape index (κ1) is 20.4. The first-order valence-corrected chi connectivity index (χ1v) is 9.92. The molecule has 0 unspecified atom stereocenters. The van der Waals surface area contributed by atoms with Crippen LogP contribution in [0, 0.1) is 0 Å². The summed E-state index contributed by atoms with van der Waals surface area (Å²) in [6.07, 6.45) is 7.79. The number of ketones is 1. The van der Waals surface area contributed by atoms with E-state index in [0.717, 1.165) is 19.3 Å². The zero-order valence-corrected chi connectivity index (χ0v) is 16.6. The van der Waals surface area contributed by atoms with Crippen molar-refractivity contribution in [2.45, 2.75) is 57.7 Å². The van der Waals surface area contributed by atoms with E-state index in [4.69, 9.17) is 18.9 Å². The highest BCUT2D eigenvalue weighted by Gasteiger charge is 2.25. The SMILES string of the molecule is COc1cc(OC[C@H]2CO2)cc2c1C(=O)O[C@@H](C)CCCC(=O)CCCC=C2. The van der Waals surface area contributed by atoms with Gasteiger partial charge in [0, 0.05) is 18.9 Å². The normalized spacial score (nSPS) is 23.4. The van der Waals surface area contributed by atoms with Crippen LogP contribution in [-0.4, -0.2) is 44.3 Å². The summed E-state index contributed by atoms with van der Waals surface area (Å²) in [5, 5.41) is 0. The summed E-state index contributed by atoms with van der Waals surface area (Å²) in [5.41, 5.74) is 1.08. The highest BCUT2D eigenvalue weighted by atomic mass is 16.6. The van der Waals surface area contributed by atoms with Gasteiger partial charge in [-0.05, 0) is 44.2 Å². The van der Waals surface area contributed by atoms with Gasteiger partial charge in [-0.2, -0.15) is 0 Å². The fraction of sp³-hybridized carbons (Fsp3) is 0.545. The van der Waals surface area contributed by atoms with Gasteiger partial charge in [0.1, 0.15) is 35.6 Å². The molecule has 0 saturated carbocycles. The number of fused-ring (bicyclic) bond motifs is 1. The van der Waals surface area contributed by atoms with Gasteiger partial charge in [0.2, 0.25) is 0 Å². The van der Waals surface area contributed by atoms with Crippen LogP contribution in [0.4, 0.5) is 0 Å². The van der Waals surface area contributed by atoms with Crippen molar-refractivity contribution in [2.75, 3.05) is 20.3 Å². The van der Waals surface area contributed by atoms with Crippen molar-refractivity contribution in [3.05, 3.63) is 29.3 Å². The van der Waals surface area contributed by atoms with Crippen LogP contribution < -0.4 is 9.47 Å². The van der Waals surface area contributed by atoms with Gasteiger partial charge in [-0.3, -0.25) is 4.79 Å². The molecule has 0 amide bonds. The Morgan fingerprint density at radius 2 is 1.96 bits per heavy atom. The van der Waals surface area contributed by atoms with E-state index >= 15 is 0 Å². The Morgan fingerprint density at radius 3 is 2.71 bits per heavy atom. The van der Waals surface area contributed by atoms with Gasteiger partial charge in [0.05, 0.1) is 19.8 Å². The van der Waals surface area contributed by atoms with Crippen molar-refractivity contribution in [2.24, 2.45) is 0 Å². The Bertz CT molecular complexity index is 735. The molecule has 0 bridgehead atoms. The number of benzene rings is 1. The molecule has 2 aliphatic heterocycles. The van der Waals surface area contributed by atoms with Gasteiger partial charge in [-0.25, -0.2) is 4.79 Å². The summed E-state index contributed by atoms with van der Waals surface area (Å²) >= 11 is 0. The maximum atomic E-state index is 12.9. The van der Waals surface area contributed by atoms with E-state index in [1.807, 2.05) is 25.1 Å². The topological polar surface area (TPSA) is 74.4 Å². The number of rotatable bonds is 4. The van der Waals surface area contributed by atoms with Crippen LogP contribution in [0.5, 0.6) is 11.5 Å². The molecule has 6 heteroatoms. The van der Waals surface area contributed by atoms with Crippen LogP contribution in [0.1, 0.15) is 61.4 Å². The minimum Gasteiger partial charge on any atom is -0.496 e. The summed E-state index contributed by atoms with van der Waals surface area (Å²) in [4.78, 5) is 24.8. The smallest absolute Gasteiger partial charge is 0.342 e. The maximum absolute atomic E-state index is 12.9. The van der Waals surface area contributed by atoms with Gasteiger partial charge in [0.25, 0.3) is 0 Å². The van der Waals surface area contributed by atoms with Crippen molar-refractivity contribution >= 4 is 17.8 Å². The fourth-order valence-electron chi connectivity index (χ4n) is 3.20. The number of cyclic esters (lactones) is 1. The largest absolute Gasteiger partial charge is 0.496 e. The second-order valence-electron chi connectivity index (χ2n) is 7.30. The van der Waals surface area contributed by atoms with Crippen molar-refractivity contribution < 1.29 is 28.5 Å². The number of carbonyl (C=O) groups is 2. The summed E-state index contributed by atoms with van der Waals surface area (Å²) in [6, 6.07) is 3.53. The summed E-state index contributed by atoms with van der Waals surface area (Å²) < 4.78 is 22.1. The molecule has 0 radical (unpaired) electrons. The molecule has 1 aromatic carbocycles. The third kappa shape index (κ3) is 5.83. The number of hydrogen-bond acceptors (Lipinski definition) is 6. The number of epoxide rings is 1. The molecule has 2 heterocycles. The van der Waals surface area contributed by atoms with E-state index in [-0.39, 0.29) is 18.0 Å². The molecular weight excluding hydrogens is 360 g/mol. The van der Waals surface area contributed by atoms with Crippen molar-refractivity contribution in [1.29, 1.82) is 0 Å². The Morgan fingerprint density at radius 1 is 1.18 bits per heavy atom. The van der Waals surface area contributed by atoms with Crippen molar-refractivity contribution in [3.63, 3.8) is 0 Å². The summed E-state index contributed by atoms with van der Waals surface area (Å²) in [7, 11) is 1.53. The number of esters is 1. The van der Waals surface area contributed by atoms with E-state index < -0.39 is 5.97 Å². The third-order valence-corrected chi connectivity index (χ3v) is 4.87. The lowest BCUT2D eigenvalue weighted by Crippen LogP contribution is -2.17. The van der Waals surface area contributed by atoms with Crippen LogP contribution >= 0.6 is 0 Å². The van der Waals surface area contributed by atoms with Crippen molar-refractivity contribution in [1.82, 2.24) is 0 Å². The van der Waals surface area contributed by atoms with Gasteiger partial charge in [0.15, 0.2) is 0 Å². The quantitative estimate of drug-likeness (QED) is 0.574. The van der Waals surface area contributed by atoms with Gasteiger partial charge in [-0.15, -0.1) is 0 Å². The third-order valence-electron chi connectivity index (χ3n) is 4.87. The first-order valence-electron chi connectivity index (χ1n) is 9.92. The number of ether oxygens (including phenoxy) is 4. The van der Waals surface area contributed by atoms with E-state index in [9.17, 15) is 9.59 Å². The molecule has 0 aromatic heterocycles. The lowest BCUT2D eigenvalue weighted by molar-refractivity contribution is -0.119. The monoisotopic (exact) mass is 388 g/mol. The summed E-state index contributed by atoms with van der Waals surface area (Å²) in [6.45, 7) is 3.03. The van der Waals surface area contributed by atoms with Crippen LogP contribution in [0.3, 0.4) is 0 Å². The van der Waals surface area contributed by atoms with E-state index in [1.165, 1.54) is 7.11 Å². The number of methoxy groups -OCH3 is 1. The average molecular weight is 388 g/mol. The Balaban J connectivity index is 1.89. The minimum atomic E-state index is -0.426. The van der Waals surface area contributed by atoms with Crippen LogP contribution in [0.25, 0.3) is 6.08 Å². The van der Waals surface area contributed by atoms with Crippen LogP contribution in [0.2, 0.25) is 0 Å². The number of hydrogen-bond donors (Lipinski definition) is 0. The van der Waals surface area contributed by atoms with E-state index in [1.54, 1.807) is 6.07 Å². The Kier molecular flexibility index (Phi) is 7.09. The standard InChI is InChI=1S/C22H28O6/c1-15-7-6-10-17(23)9-5-3-4-8-16-11-18(26-13-19-14-27-19)12-20(25-2)21(16)22(24)28-15/h4,8,11-12,15,19H,3,5-7,9-10,13-14H2,1-2H3/t15-,19-/m0/s1. The molecule has 6 nitrogen and oxygen atoms in total. The zero-order valence-electron chi connectivity index (χ0n) is 16.6. The molecule has 1 saturated heterocycles. The second-order valence-corrected chi connectivity index (χ2v) is 7.30. The molecule has 0 spiro atoms. The number of Topliss-reactive ketones (excluding diaryl/α,β-unsaturated/α-hetero) is 1. The lowest BCUT2D eigenvalue weighted by atomic mass is 10.0. The minimum absolute atomic E-state index is 0.138. The van der Waals surface area contributed by atoms with Crippen LogP contribution in [0.15, 0.2) is 18.2 Å². The highest BCUT2D eigenvalue weighted by Crippen LogP contribution is 2.32. The molecule has 2 aliphatic rings. The van der Waals surface area contributed by atoms with Gasteiger partial charge >= 0.3 is 5.97 Å². The Hall–Kier alpha value is -2.34. The molecule has 28 heavy (non-hydrogen) atoms.